The van der Waals surface area contributed by atoms with Crippen molar-refractivity contribution >= 4 is 11.5 Å². The maximum absolute atomic E-state index is 13.4. The van der Waals surface area contributed by atoms with Crippen LogP contribution < -0.4 is 0 Å². The molecule has 0 aromatic carbocycles. The van der Waals surface area contributed by atoms with E-state index in [1.165, 1.54) is 18.5 Å². The zero-order valence-corrected chi connectivity index (χ0v) is 10.1. The predicted molar refractivity (Wildman–Crippen MR) is 64.3 cm³/mol. The third kappa shape index (κ3) is 3.91. The first-order valence-electron chi connectivity index (χ1n) is 5.70. The highest BCUT2D eigenvalue weighted by Gasteiger charge is 2.36. The fourth-order valence-corrected chi connectivity index (χ4v) is 1.35. The first kappa shape index (κ1) is 14.3. The summed E-state index contributed by atoms with van der Waals surface area (Å²) in [5, 5.41) is 9.55. The Balaban J connectivity index is 2.79. The summed E-state index contributed by atoms with van der Waals surface area (Å²) in [4.78, 5) is 15.1. The lowest BCUT2D eigenvalue weighted by Gasteiger charge is -2.12. The Morgan fingerprint density at radius 3 is 2.83 bits per heavy atom. The minimum Gasteiger partial charge on any atom is -0.507 e. The predicted octanol–water partition coefficient (Wildman–Crippen LogP) is 3.38. The third-order valence-electron chi connectivity index (χ3n) is 2.43. The number of allylic oxidation sites excluding steroid dienone is 1. The lowest BCUT2D eigenvalue weighted by molar-refractivity contribution is -0.138. The quantitative estimate of drug-likeness (QED) is 0.626. The second kappa shape index (κ2) is 6.23. The van der Waals surface area contributed by atoms with E-state index in [4.69, 9.17) is 0 Å². The van der Waals surface area contributed by atoms with Crippen LogP contribution in [0.4, 0.5) is 8.78 Å². The summed E-state index contributed by atoms with van der Waals surface area (Å²) in [7, 11) is 0. The monoisotopic (exact) mass is 255 g/mol. The van der Waals surface area contributed by atoms with Crippen LogP contribution in [0.2, 0.25) is 0 Å². The van der Waals surface area contributed by atoms with Crippen LogP contribution in [-0.4, -0.2) is 21.8 Å². The number of hydrogen-bond acceptors (Lipinski definition) is 3. The molecule has 98 valence electrons. The highest BCUT2D eigenvalue weighted by atomic mass is 19.3. The van der Waals surface area contributed by atoms with Crippen molar-refractivity contribution in [1.82, 2.24) is 4.98 Å². The molecule has 18 heavy (non-hydrogen) atoms. The normalized spacial score (nSPS) is 12.5. The van der Waals surface area contributed by atoms with E-state index in [-0.39, 0.29) is 12.0 Å². The molecular weight excluding hydrogens is 240 g/mol. The molecule has 1 N–H and O–H groups in total. The Kier molecular flexibility index (Phi) is 4.95. The SMILES string of the molecule is CCCCC(F)(F)C(=O)C=C(O)c1cccnc1. The Hall–Kier alpha value is -1.78. The van der Waals surface area contributed by atoms with Crippen LogP contribution in [-0.2, 0) is 4.79 Å². The lowest BCUT2D eigenvalue weighted by Crippen LogP contribution is -2.27. The number of pyridine rings is 1. The number of unbranched alkanes of at least 4 members (excludes halogenated alkanes) is 1. The molecule has 0 aliphatic heterocycles. The first-order chi connectivity index (χ1) is 8.47. The van der Waals surface area contributed by atoms with Crippen molar-refractivity contribution in [1.29, 1.82) is 0 Å². The number of aliphatic hydroxyl groups excluding tert-OH is 1. The van der Waals surface area contributed by atoms with E-state index in [1.54, 1.807) is 13.0 Å². The van der Waals surface area contributed by atoms with Crippen LogP contribution >= 0.6 is 0 Å². The Bertz CT molecular complexity index is 430. The van der Waals surface area contributed by atoms with Gasteiger partial charge in [-0.3, -0.25) is 9.78 Å². The number of rotatable bonds is 6. The van der Waals surface area contributed by atoms with Crippen molar-refractivity contribution in [2.45, 2.75) is 32.1 Å². The fraction of sp³-hybridized carbons (Fsp3) is 0.385. The minimum absolute atomic E-state index is 0.233. The maximum Gasteiger partial charge on any atom is 0.309 e. The summed E-state index contributed by atoms with van der Waals surface area (Å²) in [6.45, 7) is 1.77. The molecule has 3 nitrogen and oxygen atoms in total. The number of halogens is 2. The molecule has 0 bridgehead atoms. The Morgan fingerprint density at radius 2 is 2.28 bits per heavy atom. The summed E-state index contributed by atoms with van der Waals surface area (Å²) in [6, 6.07) is 3.02. The van der Waals surface area contributed by atoms with E-state index in [0.29, 0.717) is 12.5 Å². The van der Waals surface area contributed by atoms with Crippen LogP contribution in [0.3, 0.4) is 0 Å². The maximum atomic E-state index is 13.4. The smallest absolute Gasteiger partial charge is 0.309 e. The van der Waals surface area contributed by atoms with Gasteiger partial charge in [0.25, 0.3) is 0 Å². The molecule has 0 fully saturated rings. The van der Waals surface area contributed by atoms with E-state index in [0.717, 1.165) is 0 Å². The van der Waals surface area contributed by atoms with Gasteiger partial charge >= 0.3 is 5.92 Å². The lowest BCUT2D eigenvalue weighted by atomic mass is 10.1. The highest BCUT2D eigenvalue weighted by molar-refractivity contribution is 6.00. The zero-order valence-electron chi connectivity index (χ0n) is 10.1. The molecule has 1 heterocycles. The van der Waals surface area contributed by atoms with Crippen molar-refractivity contribution in [2.24, 2.45) is 0 Å². The van der Waals surface area contributed by atoms with Crippen molar-refractivity contribution in [3.05, 3.63) is 36.2 Å². The van der Waals surface area contributed by atoms with E-state index in [1.807, 2.05) is 0 Å². The molecule has 0 spiro atoms. The molecule has 0 atom stereocenters. The average molecular weight is 255 g/mol. The summed E-state index contributed by atoms with van der Waals surface area (Å²) in [5.41, 5.74) is 0.233. The van der Waals surface area contributed by atoms with Crippen molar-refractivity contribution in [3.8, 4) is 0 Å². The largest absolute Gasteiger partial charge is 0.507 e. The van der Waals surface area contributed by atoms with Crippen molar-refractivity contribution < 1.29 is 18.7 Å². The van der Waals surface area contributed by atoms with Gasteiger partial charge in [-0.05, 0) is 18.6 Å². The Morgan fingerprint density at radius 1 is 1.56 bits per heavy atom. The number of hydrogen-bond donors (Lipinski definition) is 1. The number of carbonyl (C=O) groups excluding carboxylic acids is 1. The van der Waals surface area contributed by atoms with E-state index in [9.17, 15) is 18.7 Å². The van der Waals surface area contributed by atoms with Gasteiger partial charge in [0.2, 0.25) is 5.78 Å². The Labute approximate surface area is 104 Å². The van der Waals surface area contributed by atoms with Crippen molar-refractivity contribution in [3.63, 3.8) is 0 Å². The number of alkyl halides is 2. The van der Waals surface area contributed by atoms with Gasteiger partial charge in [0.05, 0.1) is 0 Å². The fourth-order valence-electron chi connectivity index (χ4n) is 1.35. The zero-order chi connectivity index (χ0) is 13.6. The van der Waals surface area contributed by atoms with Crippen LogP contribution in [0.5, 0.6) is 0 Å². The summed E-state index contributed by atoms with van der Waals surface area (Å²) in [6.07, 6.45) is 3.69. The van der Waals surface area contributed by atoms with E-state index in [2.05, 4.69) is 4.98 Å². The number of aliphatic hydroxyl groups is 1. The number of nitrogens with zero attached hydrogens (tertiary/aromatic N) is 1. The standard InChI is InChI=1S/C13H15F2NO2/c1-2-3-6-13(14,15)12(18)8-11(17)10-5-4-7-16-9-10/h4-5,7-9,17H,2-3,6H2,1H3. The molecule has 0 saturated heterocycles. The third-order valence-corrected chi connectivity index (χ3v) is 2.43. The molecule has 1 rings (SSSR count). The molecule has 0 aliphatic rings. The molecule has 0 unspecified atom stereocenters. The van der Waals surface area contributed by atoms with Gasteiger partial charge in [0.1, 0.15) is 5.76 Å². The number of carbonyl (C=O) groups is 1. The van der Waals surface area contributed by atoms with Gasteiger partial charge in [-0.1, -0.05) is 13.3 Å². The van der Waals surface area contributed by atoms with Crippen LogP contribution in [0, 0.1) is 0 Å². The molecule has 0 radical (unpaired) electrons. The molecule has 5 heteroatoms. The second-order valence-electron chi connectivity index (χ2n) is 3.94. The molecular formula is C13H15F2NO2. The topological polar surface area (TPSA) is 50.2 Å². The van der Waals surface area contributed by atoms with Gasteiger partial charge in [-0.25, -0.2) is 0 Å². The molecule has 1 aromatic heterocycles. The molecule has 0 aliphatic carbocycles. The van der Waals surface area contributed by atoms with Gasteiger partial charge < -0.3 is 5.11 Å². The number of ketones is 1. The average Bonchev–Trinajstić information content (AvgIpc) is 2.37. The van der Waals surface area contributed by atoms with Crippen molar-refractivity contribution in [2.75, 3.05) is 0 Å². The minimum atomic E-state index is -3.42. The van der Waals surface area contributed by atoms with Gasteiger partial charge in [-0.2, -0.15) is 8.78 Å². The molecule has 0 saturated carbocycles. The summed E-state index contributed by atoms with van der Waals surface area (Å²) in [5.74, 6) is -5.30. The molecule has 1 aromatic rings. The highest BCUT2D eigenvalue weighted by Crippen LogP contribution is 2.24. The van der Waals surface area contributed by atoms with E-state index < -0.39 is 23.9 Å². The van der Waals surface area contributed by atoms with Crippen LogP contribution in [0.15, 0.2) is 30.6 Å². The van der Waals surface area contributed by atoms with Crippen LogP contribution in [0.1, 0.15) is 31.7 Å². The van der Waals surface area contributed by atoms with Gasteiger partial charge in [0, 0.05) is 30.5 Å². The summed E-state index contributed by atoms with van der Waals surface area (Å²) >= 11 is 0. The number of aromatic nitrogens is 1. The first-order valence-corrected chi connectivity index (χ1v) is 5.70. The van der Waals surface area contributed by atoms with Crippen LogP contribution in [0.25, 0.3) is 5.76 Å². The second-order valence-corrected chi connectivity index (χ2v) is 3.94. The van der Waals surface area contributed by atoms with Gasteiger partial charge in [0.15, 0.2) is 0 Å². The van der Waals surface area contributed by atoms with Gasteiger partial charge in [-0.15, -0.1) is 0 Å². The summed E-state index contributed by atoms with van der Waals surface area (Å²) < 4.78 is 26.7. The molecule has 0 amide bonds. The van der Waals surface area contributed by atoms with E-state index >= 15 is 0 Å².